The van der Waals surface area contributed by atoms with Gasteiger partial charge in [0.2, 0.25) is 11.1 Å². The zero-order valence-corrected chi connectivity index (χ0v) is 16.4. The third-order valence-corrected chi connectivity index (χ3v) is 5.02. The van der Waals surface area contributed by atoms with E-state index in [9.17, 15) is 4.79 Å². The molecule has 0 unspecified atom stereocenters. The molecule has 27 heavy (non-hydrogen) atoms. The number of hydrogen-bond acceptors (Lipinski definition) is 6. The number of carbonyl (C=O) groups excluding carboxylic acids is 1. The van der Waals surface area contributed by atoms with Crippen molar-refractivity contribution in [2.24, 2.45) is 0 Å². The summed E-state index contributed by atoms with van der Waals surface area (Å²) in [5.41, 5.74) is 1.73. The maximum Gasteiger partial charge on any atom is 0.233 e. The number of aromatic nitrogens is 4. The van der Waals surface area contributed by atoms with Gasteiger partial charge in [0.25, 0.3) is 0 Å². The quantitative estimate of drug-likeness (QED) is 0.564. The summed E-state index contributed by atoms with van der Waals surface area (Å²) >= 11 is 7.19. The normalized spacial score (nSPS) is 10.6. The van der Waals surface area contributed by atoms with E-state index in [1.165, 1.54) is 11.8 Å². The molecule has 7 nitrogen and oxygen atoms in total. The molecule has 0 spiro atoms. The summed E-state index contributed by atoms with van der Waals surface area (Å²) in [4.78, 5) is 14.2. The van der Waals surface area contributed by atoms with E-state index in [-0.39, 0.29) is 11.7 Å². The lowest BCUT2D eigenvalue weighted by molar-refractivity contribution is -0.127. The zero-order valence-electron chi connectivity index (χ0n) is 14.9. The van der Waals surface area contributed by atoms with E-state index in [2.05, 4.69) is 15.5 Å². The molecule has 140 valence electrons. The Balaban J connectivity index is 1.62. The van der Waals surface area contributed by atoms with Crippen LogP contribution in [0.15, 0.2) is 53.7 Å². The SMILES string of the molecule is COc1ccccc1CN(C)C(=O)CSc1nnnn1-c1ccc(Cl)cc1. The molecule has 0 aliphatic rings. The number of methoxy groups -OCH3 is 1. The molecule has 0 fully saturated rings. The van der Waals surface area contributed by atoms with Crippen LogP contribution < -0.4 is 4.74 Å². The molecular formula is C18H18ClN5O2S. The Hall–Kier alpha value is -2.58. The van der Waals surface area contributed by atoms with Gasteiger partial charge in [-0.1, -0.05) is 41.6 Å². The van der Waals surface area contributed by atoms with Gasteiger partial charge >= 0.3 is 0 Å². The van der Waals surface area contributed by atoms with E-state index < -0.39 is 0 Å². The molecule has 0 aliphatic carbocycles. The Labute approximate surface area is 166 Å². The van der Waals surface area contributed by atoms with Crippen molar-refractivity contribution in [2.75, 3.05) is 19.9 Å². The Bertz CT molecular complexity index is 916. The largest absolute Gasteiger partial charge is 0.496 e. The van der Waals surface area contributed by atoms with Crippen LogP contribution in [-0.4, -0.2) is 50.9 Å². The summed E-state index contributed by atoms with van der Waals surface area (Å²) < 4.78 is 6.91. The van der Waals surface area contributed by atoms with Crippen LogP contribution in [0.25, 0.3) is 5.69 Å². The molecule has 0 atom stereocenters. The highest BCUT2D eigenvalue weighted by molar-refractivity contribution is 7.99. The van der Waals surface area contributed by atoms with E-state index in [0.29, 0.717) is 16.7 Å². The highest BCUT2D eigenvalue weighted by Crippen LogP contribution is 2.22. The second-order valence-electron chi connectivity index (χ2n) is 5.70. The standard InChI is InChI=1S/C18H18ClN5O2S/c1-23(11-13-5-3-4-6-16(13)26-2)17(25)12-27-18-20-21-22-24(18)15-9-7-14(19)8-10-15/h3-10H,11-12H2,1-2H3. The molecule has 0 saturated heterocycles. The third-order valence-electron chi connectivity index (χ3n) is 3.86. The first-order valence-corrected chi connectivity index (χ1v) is 9.48. The molecule has 0 bridgehead atoms. The van der Waals surface area contributed by atoms with Crippen LogP contribution in [0.4, 0.5) is 0 Å². The van der Waals surface area contributed by atoms with E-state index >= 15 is 0 Å². The molecule has 2 aromatic carbocycles. The molecule has 1 heterocycles. The van der Waals surface area contributed by atoms with Crippen LogP contribution >= 0.6 is 23.4 Å². The Morgan fingerprint density at radius 3 is 2.70 bits per heavy atom. The molecular weight excluding hydrogens is 386 g/mol. The van der Waals surface area contributed by atoms with E-state index in [4.69, 9.17) is 16.3 Å². The number of carbonyl (C=O) groups is 1. The number of ether oxygens (including phenoxy) is 1. The molecule has 0 saturated carbocycles. The van der Waals surface area contributed by atoms with E-state index in [1.54, 1.807) is 35.9 Å². The predicted molar refractivity (Wildman–Crippen MR) is 104 cm³/mol. The highest BCUT2D eigenvalue weighted by atomic mass is 35.5. The van der Waals surface area contributed by atoms with Crippen LogP contribution in [0.1, 0.15) is 5.56 Å². The maximum absolute atomic E-state index is 12.5. The molecule has 9 heteroatoms. The van der Waals surface area contributed by atoms with Crippen molar-refractivity contribution in [3.8, 4) is 11.4 Å². The van der Waals surface area contributed by atoms with Gasteiger partial charge < -0.3 is 9.64 Å². The summed E-state index contributed by atoms with van der Waals surface area (Å²) in [5, 5.41) is 12.9. The Morgan fingerprint density at radius 1 is 1.22 bits per heavy atom. The number of nitrogens with zero attached hydrogens (tertiary/aromatic N) is 5. The van der Waals surface area contributed by atoms with Crippen molar-refractivity contribution in [3.63, 3.8) is 0 Å². The fraction of sp³-hybridized carbons (Fsp3) is 0.222. The fourth-order valence-electron chi connectivity index (χ4n) is 2.43. The average molecular weight is 404 g/mol. The fourth-order valence-corrected chi connectivity index (χ4v) is 3.38. The number of hydrogen-bond donors (Lipinski definition) is 0. The highest BCUT2D eigenvalue weighted by Gasteiger charge is 2.15. The van der Waals surface area contributed by atoms with Crippen molar-refractivity contribution in [3.05, 3.63) is 59.1 Å². The van der Waals surface area contributed by atoms with Crippen molar-refractivity contribution in [1.82, 2.24) is 25.1 Å². The van der Waals surface area contributed by atoms with Crippen molar-refractivity contribution in [2.45, 2.75) is 11.7 Å². The number of tetrazole rings is 1. The third kappa shape index (κ3) is 4.78. The van der Waals surface area contributed by atoms with Crippen LogP contribution in [0.3, 0.4) is 0 Å². The number of amides is 1. The first kappa shape index (κ1) is 19.2. The molecule has 1 aromatic heterocycles. The second-order valence-corrected chi connectivity index (χ2v) is 7.08. The number of rotatable bonds is 7. The number of thioether (sulfide) groups is 1. The maximum atomic E-state index is 12.5. The van der Waals surface area contributed by atoms with Gasteiger partial charge in [-0.2, -0.15) is 4.68 Å². The first-order chi connectivity index (χ1) is 13.1. The molecule has 0 aliphatic heterocycles. The van der Waals surface area contributed by atoms with Crippen LogP contribution in [-0.2, 0) is 11.3 Å². The first-order valence-electron chi connectivity index (χ1n) is 8.11. The zero-order chi connectivity index (χ0) is 19.2. The minimum atomic E-state index is -0.0310. The topological polar surface area (TPSA) is 73.1 Å². The summed E-state index contributed by atoms with van der Waals surface area (Å²) in [6, 6.07) is 14.8. The molecule has 3 rings (SSSR count). The minimum absolute atomic E-state index is 0.0310. The van der Waals surface area contributed by atoms with Gasteiger partial charge in [-0.15, -0.1) is 5.10 Å². The van der Waals surface area contributed by atoms with Gasteiger partial charge in [-0.05, 0) is 40.8 Å². The summed E-state index contributed by atoms with van der Waals surface area (Å²) in [5.74, 6) is 0.952. The second kappa shape index (κ2) is 8.88. The Kier molecular flexibility index (Phi) is 6.31. The van der Waals surface area contributed by atoms with Gasteiger partial charge in [0, 0.05) is 24.2 Å². The minimum Gasteiger partial charge on any atom is -0.496 e. The van der Waals surface area contributed by atoms with Crippen molar-refractivity contribution >= 4 is 29.3 Å². The molecule has 0 N–H and O–H groups in total. The summed E-state index contributed by atoms with van der Waals surface area (Å²) in [6.45, 7) is 0.464. The monoisotopic (exact) mass is 403 g/mol. The number of benzene rings is 2. The number of para-hydroxylation sites is 1. The molecule has 3 aromatic rings. The average Bonchev–Trinajstić information content (AvgIpc) is 3.15. The van der Waals surface area contributed by atoms with Gasteiger partial charge in [0.05, 0.1) is 18.6 Å². The van der Waals surface area contributed by atoms with Crippen molar-refractivity contribution < 1.29 is 9.53 Å². The Morgan fingerprint density at radius 2 is 1.96 bits per heavy atom. The van der Waals surface area contributed by atoms with Crippen molar-refractivity contribution in [1.29, 1.82) is 0 Å². The lowest BCUT2D eigenvalue weighted by Crippen LogP contribution is -2.28. The van der Waals surface area contributed by atoms with E-state index in [0.717, 1.165) is 17.0 Å². The van der Waals surface area contributed by atoms with Crippen LogP contribution in [0.5, 0.6) is 5.75 Å². The number of halogens is 1. The summed E-state index contributed by atoms with van der Waals surface area (Å²) in [6.07, 6.45) is 0. The van der Waals surface area contributed by atoms with Crippen LogP contribution in [0.2, 0.25) is 5.02 Å². The molecule has 1 amide bonds. The van der Waals surface area contributed by atoms with Gasteiger partial charge in [-0.25, -0.2) is 0 Å². The van der Waals surface area contributed by atoms with Gasteiger partial charge in [0.15, 0.2) is 0 Å². The molecule has 0 radical (unpaired) electrons. The lowest BCUT2D eigenvalue weighted by atomic mass is 10.2. The van der Waals surface area contributed by atoms with Gasteiger partial charge in [0.1, 0.15) is 5.75 Å². The van der Waals surface area contributed by atoms with Gasteiger partial charge in [-0.3, -0.25) is 4.79 Å². The van der Waals surface area contributed by atoms with Crippen LogP contribution in [0, 0.1) is 0 Å². The summed E-state index contributed by atoms with van der Waals surface area (Å²) in [7, 11) is 3.38. The van der Waals surface area contributed by atoms with E-state index in [1.807, 2.05) is 36.4 Å². The predicted octanol–water partition coefficient (Wildman–Crippen LogP) is 3.08. The smallest absolute Gasteiger partial charge is 0.233 e. The lowest BCUT2D eigenvalue weighted by Gasteiger charge is -2.18.